The zero-order chi connectivity index (χ0) is 33.3. The highest BCUT2D eigenvalue weighted by Gasteiger charge is 2.23. The van der Waals surface area contributed by atoms with Crippen molar-refractivity contribution in [3.63, 3.8) is 0 Å². The Hall–Kier alpha value is -3.59. The van der Waals surface area contributed by atoms with Gasteiger partial charge in [0.1, 0.15) is 18.8 Å². The Balaban J connectivity index is 4.35. The highest BCUT2D eigenvalue weighted by molar-refractivity contribution is 5.86. The van der Waals surface area contributed by atoms with E-state index in [1.807, 2.05) is 0 Å². The summed E-state index contributed by atoms with van der Waals surface area (Å²) in [5, 5.41) is 14.4. The predicted octanol–water partition coefficient (Wildman–Crippen LogP) is 4.73. The number of amides is 2. The van der Waals surface area contributed by atoms with Gasteiger partial charge in [-0.05, 0) is 46.1 Å². The van der Waals surface area contributed by atoms with Gasteiger partial charge in [0.15, 0.2) is 19.7 Å². The van der Waals surface area contributed by atoms with Crippen LogP contribution >= 0.6 is 0 Å². The molecule has 0 radical (unpaired) electrons. The summed E-state index contributed by atoms with van der Waals surface area (Å²) in [5.41, 5.74) is 0.705. The highest BCUT2D eigenvalue weighted by Crippen LogP contribution is 2.14. The Morgan fingerprint density at radius 3 is 1.57 bits per heavy atom. The first-order valence-electron chi connectivity index (χ1n) is 14.2. The third-order valence-electron chi connectivity index (χ3n) is 5.48. The Kier molecular flexibility index (Phi) is 22.8. The van der Waals surface area contributed by atoms with Gasteiger partial charge < -0.3 is 43.8 Å². The van der Waals surface area contributed by atoms with Crippen molar-refractivity contribution in [1.82, 2.24) is 10.6 Å². The van der Waals surface area contributed by atoms with Gasteiger partial charge in [0.05, 0.1) is 24.7 Å². The lowest BCUT2D eigenvalue weighted by Crippen LogP contribution is -2.35. The van der Waals surface area contributed by atoms with Gasteiger partial charge in [-0.3, -0.25) is 5.26 Å². The summed E-state index contributed by atoms with van der Waals surface area (Å²) in [4.78, 5) is 40.6. The van der Waals surface area contributed by atoms with Crippen LogP contribution in [0.25, 0.3) is 0 Å². The number of nitrogens with one attached hydrogen (secondary N) is 2. The molecule has 2 unspecified atom stereocenters. The van der Waals surface area contributed by atoms with Gasteiger partial charge in [-0.25, -0.2) is 19.3 Å². The number of carbonyl (C=O) groups is 3. The summed E-state index contributed by atoms with van der Waals surface area (Å²) in [5.74, 6) is 0.364. The fraction of sp³-hybridized carbons (Fsp3) is 0.633. The average Bonchev–Trinajstić information content (AvgIpc) is 2.95. The summed E-state index contributed by atoms with van der Waals surface area (Å²) >= 11 is 0. The molecule has 0 spiro atoms. The van der Waals surface area contributed by atoms with E-state index >= 15 is 0 Å². The number of allylic oxidation sites excluding steroid dienone is 2. The second kappa shape index (κ2) is 24.8. The van der Waals surface area contributed by atoms with Gasteiger partial charge in [0.25, 0.3) is 0 Å². The molecule has 0 heterocycles. The standard InChI is InChI=1S/C30H50N2O12/c1-21(2)27(44-36)15-25(18-39-28(33)22(3)4)42-29(34)31-13-11-9-10-12-14-32-30(35)43-26(16-37-19-40-23(5)6)17-38-20-41-24(7)8/h25-27,36H,1,3,5,7,9-20H2,2,4,6,8H3,(H,31,34)(H,32,35). The van der Waals surface area contributed by atoms with Crippen LogP contribution in [-0.2, 0) is 42.8 Å². The predicted molar refractivity (Wildman–Crippen MR) is 161 cm³/mol. The molecule has 0 aromatic carbocycles. The van der Waals surface area contributed by atoms with Crippen LogP contribution in [-0.4, -0.2) is 88.2 Å². The minimum absolute atomic E-state index is 0.0335. The van der Waals surface area contributed by atoms with Gasteiger partial charge in [0.2, 0.25) is 0 Å². The van der Waals surface area contributed by atoms with Gasteiger partial charge >= 0.3 is 18.2 Å². The summed E-state index contributed by atoms with van der Waals surface area (Å²) < 4.78 is 36.8. The van der Waals surface area contributed by atoms with Crippen molar-refractivity contribution in [2.24, 2.45) is 0 Å². The molecule has 0 rings (SSSR count). The van der Waals surface area contributed by atoms with E-state index in [0.717, 1.165) is 12.8 Å². The van der Waals surface area contributed by atoms with Crippen molar-refractivity contribution < 1.29 is 57.7 Å². The van der Waals surface area contributed by atoms with E-state index in [4.69, 9.17) is 38.4 Å². The molecular formula is C30H50N2O12. The smallest absolute Gasteiger partial charge is 0.407 e. The zero-order valence-electron chi connectivity index (χ0n) is 26.5. The van der Waals surface area contributed by atoms with Crippen LogP contribution < -0.4 is 10.6 Å². The number of rotatable bonds is 26. The monoisotopic (exact) mass is 630 g/mol. The molecule has 0 bridgehead atoms. The normalized spacial score (nSPS) is 12.0. The van der Waals surface area contributed by atoms with Crippen molar-refractivity contribution in [2.45, 2.75) is 78.1 Å². The first-order chi connectivity index (χ1) is 20.8. The van der Waals surface area contributed by atoms with Gasteiger partial charge in [-0.15, -0.1) is 0 Å². The first-order valence-corrected chi connectivity index (χ1v) is 14.2. The van der Waals surface area contributed by atoms with Crippen molar-refractivity contribution in [3.05, 3.63) is 49.0 Å². The fourth-order valence-corrected chi connectivity index (χ4v) is 3.15. The number of esters is 1. The van der Waals surface area contributed by atoms with Crippen LogP contribution in [0.2, 0.25) is 0 Å². The molecule has 0 aliphatic carbocycles. The van der Waals surface area contributed by atoms with Crippen molar-refractivity contribution >= 4 is 18.2 Å². The van der Waals surface area contributed by atoms with Gasteiger partial charge in [-0.2, -0.15) is 0 Å². The lowest BCUT2D eigenvalue weighted by molar-refractivity contribution is -0.273. The molecular weight excluding hydrogens is 580 g/mol. The minimum Gasteiger partial charge on any atom is -0.473 e. The lowest BCUT2D eigenvalue weighted by atomic mass is 10.1. The molecule has 0 saturated heterocycles. The van der Waals surface area contributed by atoms with E-state index in [2.05, 4.69) is 41.8 Å². The van der Waals surface area contributed by atoms with E-state index in [9.17, 15) is 14.4 Å². The van der Waals surface area contributed by atoms with Crippen LogP contribution in [0.15, 0.2) is 49.0 Å². The SMILES string of the molecule is C=C(C)OCOCC(COCOC(=C)C)OC(=O)NCCCCCCNC(=O)OC(COC(=O)C(=C)C)CC(OO)C(=C)C. The Morgan fingerprint density at radius 2 is 1.16 bits per heavy atom. The minimum atomic E-state index is -0.884. The van der Waals surface area contributed by atoms with Crippen molar-refractivity contribution in [1.29, 1.82) is 0 Å². The van der Waals surface area contributed by atoms with Crippen LogP contribution in [0.5, 0.6) is 0 Å². The quantitative estimate of drug-likeness (QED) is 0.0138. The van der Waals surface area contributed by atoms with Crippen LogP contribution in [0.4, 0.5) is 9.59 Å². The number of unbranched alkanes of at least 4 members (excludes halogenated alkanes) is 3. The van der Waals surface area contributed by atoms with Crippen LogP contribution in [0, 0.1) is 0 Å². The van der Waals surface area contributed by atoms with Crippen molar-refractivity contribution in [3.8, 4) is 0 Å². The summed E-state index contributed by atoms with van der Waals surface area (Å²) in [7, 11) is 0. The molecule has 44 heavy (non-hydrogen) atoms. The Bertz CT molecular complexity index is 902. The molecule has 0 fully saturated rings. The molecule has 14 heteroatoms. The molecule has 252 valence electrons. The average molecular weight is 631 g/mol. The molecule has 2 atom stereocenters. The largest absolute Gasteiger partial charge is 0.473 e. The number of hydrogen-bond acceptors (Lipinski definition) is 12. The van der Waals surface area contributed by atoms with Gasteiger partial charge in [-0.1, -0.05) is 39.2 Å². The first kappa shape index (κ1) is 40.4. The van der Waals surface area contributed by atoms with Crippen LogP contribution in [0.1, 0.15) is 59.8 Å². The van der Waals surface area contributed by atoms with E-state index in [1.54, 1.807) is 20.8 Å². The van der Waals surface area contributed by atoms with Crippen molar-refractivity contribution in [2.75, 3.05) is 46.5 Å². The van der Waals surface area contributed by atoms with E-state index in [0.29, 0.717) is 43.0 Å². The molecule has 0 aliphatic heterocycles. The second-order valence-electron chi connectivity index (χ2n) is 10.0. The molecule has 0 aromatic heterocycles. The second-order valence-corrected chi connectivity index (χ2v) is 10.0. The van der Waals surface area contributed by atoms with E-state index < -0.39 is 36.5 Å². The van der Waals surface area contributed by atoms with Crippen LogP contribution in [0.3, 0.4) is 0 Å². The zero-order valence-corrected chi connectivity index (χ0v) is 26.5. The third kappa shape index (κ3) is 22.9. The summed E-state index contributed by atoms with van der Waals surface area (Å²) in [6.07, 6.45) is -0.744. The molecule has 14 nitrogen and oxygen atoms in total. The van der Waals surface area contributed by atoms with Gasteiger partial charge in [0, 0.05) is 25.1 Å². The molecule has 2 amide bonds. The number of ether oxygens (including phenoxy) is 7. The summed E-state index contributed by atoms with van der Waals surface area (Å²) in [6.45, 7) is 21.5. The number of alkyl carbamates (subject to hydrolysis) is 2. The highest BCUT2D eigenvalue weighted by atomic mass is 17.1. The maximum Gasteiger partial charge on any atom is 0.407 e. The molecule has 0 aromatic rings. The third-order valence-corrected chi connectivity index (χ3v) is 5.48. The molecule has 0 aliphatic rings. The topological polar surface area (TPSA) is 169 Å². The van der Waals surface area contributed by atoms with E-state index in [1.165, 1.54) is 6.92 Å². The maximum atomic E-state index is 12.3. The van der Waals surface area contributed by atoms with E-state index in [-0.39, 0.29) is 45.4 Å². The number of hydrogen-bond donors (Lipinski definition) is 3. The lowest BCUT2D eigenvalue weighted by Gasteiger charge is -2.22. The summed E-state index contributed by atoms with van der Waals surface area (Å²) in [6, 6.07) is 0. The fourth-order valence-electron chi connectivity index (χ4n) is 3.15. The Labute approximate surface area is 260 Å². The maximum absolute atomic E-state index is 12.3. The molecule has 0 saturated carbocycles. The number of carbonyl (C=O) groups excluding carboxylic acids is 3. The molecule has 3 N–H and O–H groups in total. The Morgan fingerprint density at radius 1 is 0.682 bits per heavy atom.